The monoisotopic (exact) mass is 857 g/mol. The van der Waals surface area contributed by atoms with Gasteiger partial charge in [-0.25, -0.2) is 0 Å². The summed E-state index contributed by atoms with van der Waals surface area (Å²) in [5, 5.41) is 2.48. The fourth-order valence-corrected chi connectivity index (χ4v) is 10.7. The Hall–Kier alpha value is -7.02. The second-order valence-electron chi connectivity index (χ2n) is 19.0. The summed E-state index contributed by atoms with van der Waals surface area (Å²) in [6.07, 6.45) is 13.7. The lowest BCUT2D eigenvalue weighted by atomic mass is 9.84. The minimum atomic E-state index is 1.17. The van der Waals surface area contributed by atoms with E-state index in [2.05, 4.69) is 253 Å². The molecular formula is C66H64. The molecule has 0 heteroatoms. The average Bonchev–Trinajstić information content (AvgIpc) is 3.24. The molecule has 0 bridgehead atoms. The molecule has 0 saturated heterocycles. The van der Waals surface area contributed by atoms with Crippen LogP contribution >= 0.6 is 0 Å². The summed E-state index contributed by atoms with van der Waals surface area (Å²) in [6.45, 7) is 26.7. The molecule has 0 amide bonds. The molecule has 0 unspecified atom stereocenters. The van der Waals surface area contributed by atoms with Gasteiger partial charge in [0.2, 0.25) is 0 Å². The number of aryl methyl sites for hydroxylation is 12. The van der Waals surface area contributed by atoms with Gasteiger partial charge >= 0.3 is 0 Å². The highest BCUT2D eigenvalue weighted by Gasteiger charge is 2.18. The maximum atomic E-state index is 2.38. The SMILES string of the molecule is Cc1cc(C)c(C(=Cc2ccc(C=Cc3ccc(C=Cc4ccc(C=C(c5c(C)cc(C)cc5C)c5c(C)cc(C)cc5C)cc4)c4ccccc34)cc2)c2c(C)cc(C)cc2C)c(C)c1. The van der Waals surface area contributed by atoms with E-state index in [1.165, 1.54) is 144 Å². The van der Waals surface area contributed by atoms with Crippen molar-refractivity contribution in [1.29, 1.82) is 0 Å². The van der Waals surface area contributed by atoms with Crippen molar-refractivity contribution >= 4 is 58.4 Å². The van der Waals surface area contributed by atoms with Crippen molar-refractivity contribution in [3.8, 4) is 0 Å². The van der Waals surface area contributed by atoms with E-state index in [-0.39, 0.29) is 0 Å². The van der Waals surface area contributed by atoms with Crippen LogP contribution in [0.15, 0.2) is 133 Å². The van der Waals surface area contributed by atoms with Gasteiger partial charge < -0.3 is 0 Å². The normalized spacial score (nSPS) is 11.5. The predicted molar refractivity (Wildman–Crippen MR) is 291 cm³/mol. The lowest BCUT2D eigenvalue weighted by Gasteiger charge is -2.20. The Morgan fingerprint density at radius 2 is 0.515 bits per heavy atom. The van der Waals surface area contributed by atoms with Gasteiger partial charge in [0.25, 0.3) is 0 Å². The molecule has 0 atom stereocenters. The second kappa shape index (κ2) is 19.2. The van der Waals surface area contributed by atoms with Crippen LogP contribution in [0.3, 0.4) is 0 Å². The zero-order valence-corrected chi connectivity index (χ0v) is 41.2. The molecular weight excluding hydrogens is 793 g/mol. The van der Waals surface area contributed by atoms with E-state index >= 15 is 0 Å². The smallest absolute Gasteiger partial charge is 0.00948 e. The van der Waals surface area contributed by atoms with Crippen LogP contribution in [0.5, 0.6) is 0 Å². The average molecular weight is 857 g/mol. The van der Waals surface area contributed by atoms with Crippen LogP contribution < -0.4 is 0 Å². The van der Waals surface area contributed by atoms with Gasteiger partial charge in [0.1, 0.15) is 0 Å². The Kier molecular flexibility index (Phi) is 13.3. The van der Waals surface area contributed by atoms with E-state index in [0.717, 1.165) is 0 Å². The van der Waals surface area contributed by atoms with Crippen LogP contribution in [0.1, 0.15) is 122 Å². The van der Waals surface area contributed by atoms with Crippen LogP contribution in [0.25, 0.3) is 58.4 Å². The molecule has 0 aliphatic heterocycles. The topological polar surface area (TPSA) is 0 Å². The third kappa shape index (κ3) is 9.80. The van der Waals surface area contributed by atoms with E-state index < -0.39 is 0 Å². The highest BCUT2D eigenvalue weighted by atomic mass is 14.2. The lowest BCUT2D eigenvalue weighted by molar-refractivity contribution is 1.25. The van der Waals surface area contributed by atoms with Gasteiger partial charge in [-0.2, -0.15) is 0 Å². The summed E-state index contributed by atoms with van der Waals surface area (Å²) >= 11 is 0. The van der Waals surface area contributed by atoms with Gasteiger partial charge in [0.05, 0.1) is 0 Å². The quantitative estimate of drug-likeness (QED) is 0.120. The van der Waals surface area contributed by atoms with Crippen molar-refractivity contribution in [2.45, 2.75) is 83.1 Å². The first-order valence-electron chi connectivity index (χ1n) is 23.5. The molecule has 8 rings (SSSR count). The molecule has 0 heterocycles. The molecule has 328 valence electrons. The summed E-state index contributed by atoms with van der Waals surface area (Å²) in [4.78, 5) is 0. The maximum Gasteiger partial charge on any atom is -0.00948 e. The summed E-state index contributed by atoms with van der Waals surface area (Å²) in [5.74, 6) is 0. The van der Waals surface area contributed by atoms with Gasteiger partial charge in [0.15, 0.2) is 0 Å². The molecule has 8 aromatic carbocycles. The van der Waals surface area contributed by atoms with Crippen LogP contribution in [-0.2, 0) is 0 Å². The summed E-state index contributed by atoms with van der Waals surface area (Å²) < 4.78 is 0. The molecule has 0 nitrogen and oxygen atoms in total. The highest BCUT2D eigenvalue weighted by molar-refractivity contribution is 6.00. The third-order valence-electron chi connectivity index (χ3n) is 13.2. The Morgan fingerprint density at radius 3 is 0.773 bits per heavy atom. The van der Waals surface area contributed by atoms with Crippen molar-refractivity contribution in [2.24, 2.45) is 0 Å². The standard InChI is InChI=1S/C66H64/c1-41-31-45(5)63(46(6)32-41)61(64-47(7)33-42(2)34-48(64)8)39-55-21-17-53(18-22-55)25-27-57-29-30-58(60-16-14-13-15-59(57)60)28-26-54-19-23-56(24-20-54)40-62(65-49(9)35-43(3)36-50(65)10)66-51(11)37-44(4)38-52(66)12/h13-40H,1-12H3. The second-order valence-corrected chi connectivity index (χ2v) is 19.0. The van der Waals surface area contributed by atoms with E-state index in [4.69, 9.17) is 0 Å². The molecule has 0 fully saturated rings. The zero-order valence-electron chi connectivity index (χ0n) is 41.2. The highest BCUT2D eigenvalue weighted by Crippen LogP contribution is 2.38. The van der Waals surface area contributed by atoms with Gasteiger partial charge in [-0.05, 0) is 217 Å². The Morgan fingerprint density at radius 1 is 0.273 bits per heavy atom. The van der Waals surface area contributed by atoms with Gasteiger partial charge in [-0.15, -0.1) is 0 Å². The molecule has 0 aliphatic rings. The summed E-state index contributed by atoms with van der Waals surface area (Å²) in [7, 11) is 0. The molecule has 0 spiro atoms. The maximum absolute atomic E-state index is 2.38. The molecule has 0 aromatic heterocycles. The van der Waals surface area contributed by atoms with E-state index in [0.29, 0.717) is 0 Å². The van der Waals surface area contributed by atoms with Crippen molar-refractivity contribution in [3.05, 3.63) is 256 Å². The zero-order chi connectivity index (χ0) is 46.8. The largest absolute Gasteiger partial charge is 0.0616 e. The number of hydrogen-bond acceptors (Lipinski definition) is 0. The van der Waals surface area contributed by atoms with Crippen LogP contribution in [0.4, 0.5) is 0 Å². The van der Waals surface area contributed by atoms with Gasteiger partial charge in [-0.1, -0.05) is 180 Å². The first-order chi connectivity index (χ1) is 31.6. The minimum Gasteiger partial charge on any atom is -0.0616 e. The predicted octanol–water partition coefficient (Wildman–Crippen LogP) is 18.1. The van der Waals surface area contributed by atoms with E-state index in [1.807, 2.05) is 0 Å². The minimum absolute atomic E-state index is 1.17. The van der Waals surface area contributed by atoms with Crippen molar-refractivity contribution in [2.75, 3.05) is 0 Å². The molecule has 0 N–H and O–H groups in total. The Bertz CT molecular complexity index is 2830. The molecule has 8 aromatic rings. The Labute approximate surface area is 395 Å². The molecule has 66 heavy (non-hydrogen) atoms. The number of rotatable bonds is 10. The van der Waals surface area contributed by atoms with Crippen LogP contribution in [-0.4, -0.2) is 0 Å². The number of benzene rings is 8. The molecule has 0 aliphatic carbocycles. The van der Waals surface area contributed by atoms with E-state index in [9.17, 15) is 0 Å². The van der Waals surface area contributed by atoms with Crippen molar-refractivity contribution in [3.63, 3.8) is 0 Å². The number of fused-ring (bicyclic) bond motifs is 1. The van der Waals surface area contributed by atoms with Crippen LogP contribution in [0, 0.1) is 83.1 Å². The first-order valence-corrected chi connectivity index (χ1v) is 23.5. The molecule has 0 radical (unpaired) electrons. The van der Waals surface area contributed by atoms with Crippen LogP contribution in [0.2, 0.25) is 0 Å². The fraction of sp³-hybridized carbons (Fsp3) is 0.182. The van der Waals surface area contributed by atoms with E-state index in [1.54, 1.807) is 0 Å². The van der Waals surface area contributed by atoms with Gasteiger partial charge in [0, 0.05) is 0 Å². The Balaban J connectivity index is 1.05. The van der Waals surface area contributed by atoms with Crippen molar-refractivity contribution < 1.29 is 0 Å². The lowest BCUT2D eigenvalue weighted by Crippen LogP contribution is -2.01. The first kappa shape index (κ1) is 45.5. The fourth-order valence-electron chi connectivity index (χ4n) is 10.7. The summed E-state index contributed by atoms with van der Waals surface area (Å²) in [5.41, 5.74) is 30.7. The molecule has 0 saturated carbocycles. The van der Waals surface area contributed by atoms with Gasteiger partial charge in [-0.3, -0.25) is 0 Å². The number of hydrogen-bond donors (Lipinski definition) is 0. The van der Waals surface area contributed by atoms with Crippen molar-refractivity contribution in [1.82, 2.24) is 0 Å². The summed E-state index contributed by atoms with van der Waals surface area (Å²) in [6, 6.07) is 49.7. The third-order valence-corrected chi connectivity index (χ3v) is 13.2.